The average molecular weight is 310 g/mol. The largest absolute Gasteiger partial charge is 0.442 e. The van der Waals surface area contributed by atoms with Gasteiger partial charge in [0.05, 0.1) is 18.0 Å². The van der Waals surface area contributed by atoms with Crippen molar-refractivity contribution in [3.63, 3.8) is 0 Å². The van der Waals surface area contributed by atoms with Gasteiger partial charge in [0.25, 0.3) is 0 Å². The predicted molar refractivity (Wildman–Crippen MR) is 78.4 cm³/mol. The summed E-state index contributed by atoms with van der Waals surface area (Å²) >= 11 is 0. The van der Waals surface area contributed by atoms with E-state index in [1.807, 2.05) is 24.3 Å². The summed E-state index contributed by atoms with van der Waals surface area (Å²) in [5, 5.41) is 20.5. The average Bonchev–Trinajstić information content (AvgIpc) is 3.05. The second-order valence-corrected chi connectivity index (χ2v) is 5.85. The minimum atomic E-state index is -0.385. The zero-order chi connectivity index (χ0) is 15.9. The molecule has 23 heavy (non-hydrogen) atoms. The molecular weight excluding hydrogens is 296 g/mol. The Morgan fingerprint density at radius 3 is 2.74 bits per heavy atom. The van der Waals surface area contributed by atoms with E-state index in [-0.39, 0.29) is 17.6 Å². The number of tetrazole rings is 1. The highest BCUT2D eigenvalue weighted by molar-refractivity contribution is 5.89. The first kappa shape index (κ1) is 13.7. The van der Waals surface area contributed by atoms with Crippen molar-refractivity contribution in [1.29, 1.82) is 5.26 Å². The van der Waals surface area contributed by atoms with Crippen LogP contribution in [-0.2, 0) is 16.7 Å². The molecule has 116 valence electrons. The molecular formula is C15H14N6O2. The van der Waals surface area contributed by atoms with Crippen LogP contribution in [0.5, 0.6) is 0 Å². The first-order chi connectivity index (χ1) is 11.2. The molecule has 0 N–H and O–H groups in total. The molecule has 1 aromatic heterocycles. The highest BCUT2D eigenvalue weighted by atomic mass is 16.6. The number of benzene rings is 1. The first-order valence-electron chi connectivity index (χ1n) is 7.41. The summed E-state index contributed by atoms with van der Waals surface area (Å²) in [5.41, 5.74) is 1.46. The molecule has 1 aromatic carbocycles. The molecule has 1 atom stereocenters. The third kappa shape index (κ3) is 2.40. The van der Waals surface area contributed by atoms with Crippen molar-refractivity contribution < 1.29 is 9.53 Å². The van der Waals surface area contributed by atoms with Crippen molar-refractivity contribution in [2.24, 2.45) is 0 Å². The molecule has 1 saturated heterocycles. The highest BCUT2D eigenvalue weighted by Crippen LogP contribution is 2.47. The van der Waals surface area contributed by atoms with Crippen LogP contribution in [0.4, 0.5) is 10.5 Å². The molecule has 0 bridgehead atoms. The number of amides is 1. The van der Waals surface area contributed by atoms with E-state index in [0.717, 1.165) is 24.1 Å². The molecule has 1 saturated carbocycles. The Labute approximate surface area is 132 Å². The van der Waals surface area contributed by atoms with Crippen LogP contribution in [0.2, 0.25) is 0 Å². The lowest BCUT2D eigenvalue weighted by Crippen LogP contribution is -2.26. The third-order valence-corrected chi connectivity index (χ3v) is 4.33. The molecule has 2 fully saturated rings. The zero-order valence-corrected chi connectivity index (χ0v) is 12.3. The zero-order valence-electron chi connectivity index (χ0n) is 12.3. The summed E-state index contributed by atoms with van der Waals surface area (Å²) in [5.74, 6) is 0. The Hall–Kier alpha value is -2.95. The molecule has 2 aromatic rings. The van der Waals surface area contributed by atoms with E-state index >= 15 is 0 Å². The van der Waals surface area contributed by atoms with Gasteiger partial charge in [-0.05, 0) is 35.8 Å². The maximum atomic E-state index is 12.0. The number of carbonyl (C=O) groups is 1. The molecule has 4 rings (SSSR count). The molecule has 1 aliphatic heterocycles. The topological polar surface area (TPSA) is 96.9 Å². The van der Waals surface area contributed by atoms with Crippen molar-refractivity contribution in [3.05, 3.63) is 36.2 Å². The third-order valence-electron chi connectivity index (χ3n) is 4.33. The quantitative estimate of drug-likeness (QED) is 0.843. The summed E-state index contributed by atoms with van der Waals surface area (Å²) in [4.78, 5) is 15.0. The van der Waals surface area contributed by atoms with E-state index in [2.05, 4.69) is 21.5 Å². The van der Waals surface area contributed by atoms with Crippen LogP contribution in [0.25, 0.3) is 0 Å². The van der Waals surface area contributed by atoms with Crippen molar-refractivity contribution in [2.75, 3.05) is 11.4 Å². The Bertz CT molecular complexity index is 760. The fourth-order valence-corrected chi connectivity index (χ4v) is 2.83. The number of nitriles is 1. The lowest BCUT2D eigenvalue weighted by molar-refractivity contribution is 0.126. The standard InChI is InChI=1S/C15H14N6O2/c16-9-15(5-6-15)11-1-3-12(4-2-11)20-7-13(23-14(20)22)8-21-18-10-17-19-21/h1-4,10,13H,5-8H2/t13-/m1/s1. The second kappa shape index (κ2) is 5.05. The number of cyclic esters (lactones) is 1. The fourth-order valence-electron chi connectivity index (χ4n) is 2.83. The van der Waals surface area contributed by atoms with Crippen molar-refractivity contribution >= 4 is 11.8 Å². The number of ether oxygens (including phenoxy) is 1. The van der Waals surface area contributed by atoms with E-state index in [1.54, 1.807) is 4.90 Å². The summed E-state index contributed by atoms with van der Waals surface area (Å²) in [6.45, 7) is 0.807. The number of rotatable bonds is 4. The van der Waals surface area contributed by atoms with Gasteiger partial charge in [0.1, 0.15) is 12.6 Å². The van der Waals surface area contributed by atoms with E-state index in [9.17, 15) is 10.1 Å². The van der Waals surface area contributed by atoms with Gasteiger partial charge in [-0.2, -0.15) is 10.1 Å². The summed E-state index contributed by atoms with van der Waals surface area (Å²) in [6.07, 6.45) is 2.45. The Morgan fingerprint density at radius 1 is 1.35 bits per heavy atom. The minimum Gasteiger partial charge on any atom is -0.442 e. The number of hydrogen-bond acceptors (Lipinski definition) is 6. The predicted octanol–water partition coefficient (Wildman–Crippen LogP) is 1.25. The molecule has 1 amide bonds. The number of hydrogen-bond donors (Lipinski definition) is 0. The van der Waals surface area contributed by atoms with Crippen LogP contribution >= 0.6 is 0 Å². The van der Waals surface area contributed by atoms with Gasteiger partial charge in [-0.15, -0.1) is 10.2 Å². The Morgan fingerprint density at radius 2 is 2.13 bits per heavy atom. The smallest absolute Gasteiger partial charge is 0.414 e. The van der Waals surface area contributed by atoms with Crippen LogP contribution in [0.15, 0.2) is 30.6 Å². The lowest BCUT2D eigenvalue weighted by atomic mass is 9.97. The first-order valence-corrected chi connectivity index (χ1v) is 7.41. The molecule has 0 unspecified atom stereocenters. The van der Waals surface area contributed by atoms with Crippen LogP contribution in [0, 0.1) is 11.3 Å². The van der Waals surface area contributed by atoms with Crippen molar-refractivity contribution in [3.8, 4) is 6.07 Å². The van der Waals surface area contributed by atoms with E-state index in [1.165, 1.54) is 11.1 Å². The molecule has 8 heteroatoms. The molecule has 0 spiro atoms. The van der Waals surface area contributed by atoms with Crippen molar-refractivity contribution in [1.82, 2.24) is 20.2 Å². The van der Waals surface area contributed by atoms with Gasteiger partial charge in [-0.1, -0.05) is 12.1 Å². The molecule has 2 heterocycles. The van der Waals surface area contributed by atoms with E-state index in [4.69, 9.17) is 4.74 Å². The Balaban J connectivity index is 1.48. The number of anilines is 1. The van der Waals surface area contributed by atoms with Crippen LogP contribution < -0.4 is 4.90 Å². The summed E-state index contributed by atoms with van der Waals surface area (Å²) in [7, 11) is 0. The maximum absolute atomic E-state index is 12.0. The minimum absolute atomic E-state index is 0.314. The van der Waals surface area contributed by atoms with Gasteiger partial charge in [0.2, 0.25) is 0 Å². The van der Waals surface area contributed by atoms with Gasteiger partial charge in [-0.25, -0.2) is 4.79 Å². The Kier molecular flexibility index (Phi) is 3.01. The lowest BCUT2D eigenvalue weighted by Gasteiger charge is -2.14. The summed E-state index contributed by atoms with van der Waals surface area (Å²) < 4.78 is 5.34. The fraction of sp³-hybridized carbons (Fsp3) is 0.400. The second-order valence-electron chi connectivity index (χ2n) is 5.85. The highest BCUT2D eigenvalue weighted by Gasteiger charge is 2.45. The van der Waals surface area contributed by atoms with Gasteiger partial charge in [0, 0.05) is 5.69 Å². The molecule has 8 nitrogen and oxygen atoms in total. The van der Waals surface area contributed by atoms with Gasteiger partial charge >= 0.3 is 6.09 Å². The number of carbonyl (C=O) groups excluding carboxylic acids is 1. The van der Waals surface area contributed by atoms with Gasteiger partial charge in [0.15, 0.2) is 6.33 Å². The number of aromatic nitrogens is 4. The summed E-state index contributed by atoms with van der Waals surface area (Å²) in [6, 6.07) is 9.94. The van der Waals surface area contributed by atoms with Crippen LogP contribution in [-0.4, -0.2) is 38.9 Å². The monoisotopic (exact) mass is 310 g/mol. The van der Waals surface area contributed by atoms with Crippen molar-refractivity contribution in [2.45, 2.75) is 30.9 Å². The van der Waals surface area contributed by atoms with Gasteiger partial charge < -0.3 is 4.74 Å². The molecule has 1 aliphatic carbocycles. The number of nitrogens with zero attached hydrogens (tertiary/aromatic N) is 6. The maximum Gasteiger partial charge on any atom is 0.414 e. The van der Waals surface area contributed by atoms with E-state index in [0.29, 0.717) is 13.1 Å². The SMILES string of the molecule is N#CC1(c2ccc(N3C[C@H](Cn4ncnn4)OC3=O)cc2)CC1. The van der Waals surface area contributed by atoms with Crippen LogP contribution in [0.1, 0.15) is 18.4 Å². The normalized spacial score (nSPS) is 21.8. The van der Waals surface area contributed by atoms with E-state index < -0.39 is 0 Å². The molecule has 2 aliphatic rings. The molecule has 0 radical (unpaired) electrons. The van der Waals surface area contributed by atoms with Gasteiger partial charge in [-0.3, -0.25) is 4.90 Å². The van der Waals surface area contributed by atoms with Crippen LogP contribution in [0.3, 0.4) is 0 Å².